The number of amides is 1. The first-order valence-electron chi connectivity index (χ1n) is 8.59. The number of hydrogen-bond donors (Lipinski definition) is 1. The molecule has 0 radical (unpaired) electrons. The number of fused-ring (bicyclic) bond motifs is 1. The van der Waals surface area contributed by atoms with Gasteiger partial charge in [0.25, 0.3) is 15.9 Å². The molecular weight excluding hydrogens is 467 g/mol. The highest BCUT2D eigenvalue weighted by Gasteiger charge is 2.26. The van der Waals surface area contributed by atoms with Crippen LogP contribution >= 0.6 is 34.5 Å². The van der Waals surface area contributed by atoms with Gasteiger partial charge < -0.3 is 0 Å². The van der Waals surface area contributed by atoms with E-state index in [0.717, 1.165) is 16.9 Å². The average molecular weight is 481 g/mol. The van der Waals surface area contributed by atoms with E-state index in [1.54, 1.807) is 24.7 Å². The summed E-state index contributed by atoms with van der Waals surface area (Å²) in [6.07, 6.45) is 0. The smallest absolute Gasteiger partial charge is 0.266 e. The van der Waals surface area contributed by atoms with Gasteiger partial charge in [-0.15, -0.1) is 11.3 Å². The van der Waals surface area contributed by atoms with E-state index in [0.29, 0.717) is 22.4 Å². The quantitative estimate of drug-likeness (QED) is 0.466. The lowest BCUT2D eigenvalue weighted by molar-refractivity contribution is 0.0983. The summed E-state index contributed by atoms with van der Waals surface area (Å²) in [6, 6.07) is 12.0. The third-order valence-electron chi connectivity index (χ3n) is 4.42. The summed E-state index contributed by atoms with van der Waals surface area (Å²) in [5.74, 6) is -0.811. The lowest BCUT2D eigenvalue weighted by Crippen LogP contribution is -2.30. The minimum atomic E-state index is -4.22. The van der Waals surface area contributed by atoms with Gasteiger partial charge in [0.15, 0.2) is 5.65 Å². The molecule has 3 heterocycles. The highest BCUT2D eigenvalue weighted by molar-refractivity contribution is 7.90. The maximum atomic E-state index is 13.1. The number of pyridine rings is 1. The van der Waals surface area contributed by atoms with E-state index in [-0.39, 0.29) is 19.1 Å². The molecule has 30 heavy (non-hydrogen) atoms. The molecule has 4 rings (SSSR count). The van der Waals surface area contributed by atoms with Crippen LogP contribution in [0.3, 0.4) is 0 Å². The Bertz CT molecular complexity index is 1400. The zero-order valence-corrected chi connectivity index (χ0v) is 18.8. The number of nitrogens with zero attached hydrogens (tertiary/aromatic N) is 3. The number of rotatable bonds is 4. The van der Waals surface area contributed by atoms with E-state index in [2.05, 4.69) is 14.8 Å². The lowest BCUT2D eigenvalue weighted by atomic mass is 10.1. The van der Waals surface area contributed by atoms with Crippen molar-refractivity contribution in [2.75, 3.05) is 0 Å². The predicted octanol–water partition coefficient (Wildman–Crippen LogP) is 4.43. The standard InChI is InChI=1S/C19H14Cl2N4O3S2/c1-10-16-12(19(26)24-30(27,28)14-9-15(20)29-17(14)21)8-13(11-6-4-3-5-7-11)22-18(16)25(2)23-10/h3-9H,1-2H3,(H,24,26). The number of hydrogen-bond acceptors (Lipinski definition) is 6. The minimum absolute atomic E-state index is 0.0253. The Kier molecular flexibility index (Phi) is 5.31. The second kappa shape index (κ2) is 7.66. The molecule has 11 heteroatoms. The molecule has 4 aromatic rings. The summed E-state index contributed by atoms with van der Waals surface area (Å²) >= 11 is 12.7. The van der Waals surface area contributed by atoms with Gasteiger partial charge >= 0.3 is 0 Å². The first-order chi connectivity index (χ1) is 14.2. The predicted molar refractivity (Wildman–Crippen MR) is 118 cm³/mol. The first-order valence-corrected chi connectivity index (χ1v) is 11.6. The molecule has 0 saturated heterocycles. The maximum absolute atomic E-state index is 13.1. The zero-order chi connectivity index (χ0) is 21.6. The van der Waals surface area contributed by atoms with E-state index >= 15 is 0 Å². The number of nitrogens with one attached hydrogen (secondary N) is 1. The van der Waals surface area contributed by atoms with Gasteiger partial charge in [-0.1, -0.05) is 53.5 Å². The molecule has 0 unspecified atom stereocenters. The van der Waals surface area contributed by atoms with Crippen molar-refractivity contribution in [2.45, 2.75) is 11.8 Å². The molecule has 1 amide bonds. The van der Waals surface area contributed by atoms with Crippen LogP contribution < -0.4 is 4.72 Å². The molecule has 1 N–H and O–H groups in total. The molecular formula is C19H14Cl2N4O3S2. The Morgan fingerprint density at radius 2 is 1.87 bits per heavy atom. The van der Waals surface area contributed by atoms with Crippen molar-refractivity contribution < 1.29 is 13.2 Å². The van der Waals surface area contributed by atoms with Gasteiger partial charge in [0.05, 0.1) is 26.7 Å². The van der Waals surface area contributed by atoms with Crippen molar-refractivity contribution in [1.29, 1.82) is 0 Å². The van der Waals surface area contributed by atoms with Crippen LogP contribution in [0.15, 0.2) is 47.4 Å². The fourth-order valence-corrected chi connectivity index (χ4v) is 6.24. The maximum Gasteiger partial charge on any atom is 0.266 e. The van der Waals surface area contributed by atoms with Crippen LogP contribution in [-0.4, -0.2) is 29.1 Å². The van der Waals surface area contributed by atoms with Crippen LogP contribution in [-0.2, 0) is 17.1 Å². The Labute approximate surface area is 186 Å². The minimum Gasteiger partial charge on any atom is -0.268 e. The van der Waals surface area contributed by atoms with Crippen LogP contribution in [0.5, 0.6) is 0 Å². The molecule has 3 aromatic heterocycles. The van der Waals surface area contributed by atoms with E-state index < -0.39 is 15.9 Å². The van der Waals surface area contributed by atoms with Gasteiger partial charge in [0.1, 0.15) is 9.23 Å². The summed E-state index contributed by atoms with van der Waals surface area (Å²) < 4.78 is 29.3. The molecule has 0 aliphatic carbocycles. The van der Waals surface area contributed by atoms with Crippen molar-refractivity contribution in [3.63, 3.8) is 0 Å². The van der Waals surface area contributed by atoms with Gasteiger partial charge in [-0.3, -0.25) is 9.48 Å². The van der Waals surface area contributed by atoms with Crippen molar-refractivity contribution in [3.05, 3.63) is 62.4 Å². The summed E-state index contributed by atoms with van der Waals surface area (Å²) in [5.41, 5.74) is 2.46. The summed E-state index contributed by atoms with van der Waals surface area (Å²) in [6.45, 7) is 1.73. The monoisotopic (exact) mass is 480 g/mol. The Morgan fingerprint density at radius 1 is 1.17 bits per heavy atom. The zero-order valence-electron chi connectivity index (χ0n) is 15.7. The molecule has 0 spiro atoms. The van der Waals surface area contributed by atoms with Gasteiger partial charge in [-0.05, 0) is 19.1 Å². The number of halogens is 2. The number of sulfonamides is 1. The van der Waals surface area contributed by atoms with Crippen LogP contribution in [0.2, 0.25) is 8.67 Å². The molecule has 0 aliphatic heterocycles. The number of aromatic nitrogens is 3. The third kappa shape index (κ3) is 3.69. The van der Waals surface area contributed by atoms with E-state index in [1.807, 2.05) is 30.3 Å². The van der Waals surface area contributed by atoms with Gasteiger partial charge in [0.2, 0.25) is 0 Å². The Balaban J connectivity index is 1.85. The Morgan fingerprint density at radius 3 is 2.50 bits per heavy atom. The Hall–Kier alpha value is -2.46. The third-order valence-corrected chi connectivity index (χ3v) is 7.51. The second-order valence-corrected chi connectivity index (χ2v) is 10.4. The topological polar surface area (TPSA) is 93.9 Å². The van der Waals surface area contributed by atoms with Crippen molar-refractivity contribution in [1.82, 2.24) is 19.5 Å². The SMILES string of the molecule is Cc1nn(C)c2nc(-c3ccccc3)cc(C(=O)NS(=O)(=O)c3cc(Cl)sc3Cl)c12. The fraction of sp³-hybridized carbons (Fsp3) is 0.105. The van der Waals surface area contributed by atoms with Gasteiger partial charge in [0, 0.05) is 12.6 Å². The number of benzene rings is 1. The van der Waals surface area contributed by atoms with Crippen molar-refractivity contribution in [3.8, 4) is 11.3 Å². The summed E-state index contributed by atoms with van der Waals surface area (Å²) in [5, 5.41) is 4.80. The number of carbonyl (C=O) groups excluding carboxylic acids is 1. The van der Waals surface area contributed by atoms with Crippen LogP contribution in [0, 0.1) is 6.92 Å². The summed E-state index contributed by atoms with van der Waals surface area (Å²) in [4.78, 5) is 17.5. The number of carbonyl (C=O) groups is 1. The molecule has 0 bridgehead atoms. The highest BCUT2D eigenvalue weighted by atomic mass is 35.5. The molecule has 0 fully saturated rings. The fourth-order valence-electron chi connectivity index (χ4n) is 3.12. The normalized spacial score (nSPS) is 11.7. The van der Waals surface area contributed by atoms with Crippen LogP contribution in [0.4, 0.5) is 0 Å². The van der Waals surface area contributed by atoms with E-state index in [1.165, 1.54) is 6.07 Å². The molecule has 154 valence electrons. The molecule has 0 atom stereocenters. The largest absolute Gasteiger partial charge is 0.268 e. The first kappa shape index (κ1) is 20.8. The second-order valence-electron chi connectivity index (χ2n) is 6.45. The number of aryl methyl sites for hydroxylation is 2. The van der Waals surface area contributed by atoms with E-state index in [4.69, 9.17) is 23.2 Å². The highest BCUT2D eigenvalue weighted by Crippen LogP contribution is 2.34. The van der Waals surface area contributed by atoms with Crippen molar-refractivity contribution in [2.24, 2.45) is 7.05 Å². The molecule has 1 aromatic carbocycles. The molecule has 0 saturated carbocycles. The summed E-state index contributed by atoms with van der Waals surface area (Å²) in [7, 11) is -2.51. The lowest BCUT2D eigenvalue weighted by Gasteiger charge is -2.10. The molecule has 7 nitrogen and oxygen atoms in total. The van der Waals surface area contributed by atoms with E-state index in [9.17, 15) is 13.2 Å². The average Bonchev–Trinajstić information content (AvgIpc) is 3.20. The van der Waals surface area contributed by atoms with Crippen LogP contribution in [0.1, 0.15) is 16.1 Å². The van der Waals surface area contributed by atoms with Crippen molar-refractivity contribution >= 4 is 61.5 Å². The van der Waals surface area contributed by atoms with Crippen LogP contribution in [0.25, 0.3) is 22.3 Å². The van der Waals surface area contributed by atoms with Gasteiger partial charge in [-0.2, -0.15) is 5.10 Å². The number of thiophene rings is 1. The molecule has 0 aliphatic rings. The van der Waals surface area contributed by atoms with Gasteiger partial charge in [-0.25, -0.2) is 18.1 Å².